The van der Waals surface area contributed by atoms with Crippen molar-refractivity contribution in [1.29, 1.82) is 0 Å². The van der Waals surface area contributed by atoms with Crippen molar-refractivity contribution in [3.05, 3.63) is 0 Å². The first-order chi connectivity index (χ1) is 5.76. The minimum atomic E-state index is -0.173. The maximum atomic E-state index is 11.2. The van der Waals surface area contributed by atoms with Crippen LogP contribution in [0.5, 0.6) is 0 Å². The van der Waals surface area contributed by atoms with Crippen LogP contribution in [0.4, 0.5) is 0 Å². The smallest absolute Gasteiger partial charge is 0.308 e. The van der Waals surface area contributed by atoms with Gasteiger partial charge in [0, 0.05) is 0 Å². The molecule has 72 valence electrons. The zero-order chi connectivity index (χ0) is 9.40. The Hall–Kier alpha value is -0.570. The number of hydrogen-bond acceptors (Lipinski definition) is 3. The molecule has 0 aromatic rings. The lowest BCUT2D eigenvalue weighted by Gasteiger charge is -2.11. The van der Waals surface area contributed by atoms with Crippen molar-refractivity contribution >= 4 is 5.97 Å². The predicted molar refractivity (Wildman–Crippen MR) is 46.7 cm³/mol. The second-order valence-corrected chi connectivity index (χ2v) is 2.78. The molecule has 0 radical (unpaired) electrons. The molecule has 0 aromatic carbocycles. The third-order valence-corrected chi connectivity index (χ3v) is 1.80. The third-order valence-electron chi connectivity index (χ3n) is 1.80. The summed E-state index contributed by atoms with van der Waals surface area (Å²) < 4.78 is 4.81. The normalized spacial score (nSPS) is 12.6. The van der Waals surface area contributed by atoms with Crippen LogP contribution in [0.25, 0.3) is 0 Å². The highest BCUT2D eigenvalue weighted by molar-refractivity contribution is 5.72. The largest absolute Gasteiger partial charge is 0.463 e. The van der Waals surface area contributed by atoms with Crippen LogP contribution in [-0.2, 0) is 9.53 Å². The molecule has 0 aliphatic heterocycles. The summed E-state index contributed by atoms with van der Waals surface area (Å²) >= 11 is 0. The Balaban J connectivity index is 3.69. The number of aliphatic hydroxyl groups is 1. The van der Waals surface area contributed by atoms with Crippen LogP contribution in [0.3, 0.4) is 0 Å². The summed E-state index contributed by atoms with van der Waals surface area (Å²) in [5.74, 6) is -0.157. The molecule has 0 fully saturated rings. The molecule has 1 unspecified atom stereocenters. The monoisotopic (exact) mass is 174 g/mol. The van der Waals surface area contributed by atoms with Gasteiger partial charge in [0.15, 0.2) is 0 Å². The fourth-order valence-corrected chi connectivity index (χ4v) is 1.10. The average molecular weight is 174 g/mol. The molecule has 0 bridgehead atoms. The van der Waals surface area contributed by atoms with Crippen LogP contribution in [0.15, 0.2) is 0 Å². The fourth-order valence-electron chi connectivity index (χ4n) is 1.10. The fraction of sp³-hybridized carbons (Fsp3) is 0.889. The van der Waals surface area contributed by atoms with Gasteiger partial charge in [0.05, 0.1) is 12.5 Å². The Bertz CT molecular complexity index is 123. The predicted octanol–water partition coefficient (Wildman–Crippen LogP) is 1.35. The number of hydrogen-bond donors (Lipinski definition) is 1. The lowest BCUT2D eigenvalue weighted by Crippen LogP contribution is -2.18. The topological polar surface area (TPSA) is 46.5 Å². The summed E-state index contributed by atoms with van der Waals surface area (Å²) in [5, 5.41) is 8.42. The maximum Gasteiger partial charge on any atom is 0.308 e. The summed E-state index contributed by atoms with van der Waals surface area (Å²) in [5.41, 5.74) is 0. The molecule has 3 nitrogen and oxygen atoms in total. The summed E-state index contributed by atoms with van der Waals surface area (Å²) in [6.07, 6.45) is 2.69. The first-order valence-electron chi connectivity index (χ1n) is 4.53. The Labute approximate surface area is 73.7 Å². The molecule has 0 amide bonds. The van der Waals surface area contributed by atoms with Crippen LogP contribution in [0, 0.1) is 5.92 Å². The van der Waals surface area contributed by atoms with Crippen molar-refractivity contribution in [2.24, 2.45) is 5.92 Å². The van der Waals surface area contributed by atoms with Gasteiger partial charge in [-0.05, 0) is 12.8 Å². The Morgan fingerprint density at radius 2 is 2.17 bits per heavy atom. The van der Waals surface area contributed by atoms with Gasteiger partial charge >= 0.3 is 5.97 Å². The van der Waals surface area contributed by atoms with Crippen LogP contribution in [-0.4, -0.2) is 24.3 Å². The number of carbonyl (C=O) groups excluding carboxylic acids is 1. The van der Waals surface area contributed by atoms with E-state index in [9.17, 15) is 4.79 Å². The zero-order valence-electron chi connectivity index (χ0n) is 7.88. The van der Waals surface area contributed by atoms with Gasteiger partial charge in [-0.1, -0.05) is 20.3 Å². The molecular formula is C9H18O3. The standard InChI is InChI=1S/C9H18O3/c1-3-5-8(4-2)9(11)12-7-6-10/h8,10H,3-7H2,1-2H3. The first-order valence-corrected chi connectivity index (χ1v) is 4.53. The van der Waals surface area contributed by atoms with E-state index in [2.05, 4.69) is 0 Å². The molecule has 0 aromatic heterocycles. The van der Waals surface area contributed by atoms with Gasteiger partial charge in [0.1, 0.15) is 6.61 Å². The molecule has 0 heterocycles. The second kappa shape index (κ2) is 7.10. The Kier molecular flexibility index (Phi) is 6.76. The highest BCUT2D eigenvalue weighted by Crippen LogP contribution is 2.12. The SMILES string of the molecule is CCCC(CC)C(=O)OCCO. The molecule has 1 N–H and O–H groups in total. The van der Waals surface area contributed by atoms with Crippen molar-refractivity contribution < 1.29 is 14.6 Å². The number of aliphatic hydroxyl groups excluding tert-OH is 1. The van der Waals surface area contributed by atoms with Crippen molar-refractivity contribution in [2.75, 3.05) is 13.2 Å². The van der Waals surface area contributed by atoms with Crippen LogP contribution < -0.4 is 0 Å². The average Bonchev–Trinajstić information content (AvgIpc) is 2.10. The van der Waals surface area contributed by atoms with Crippen molar-refractivity contribution in [1.82, 2.24) is 0 Å². The highest BCUT2D eigenvalue weighted by atomic mass is 16.5. The Morgan fingerprint density at radius 3 is 2.58 bits per heavy atom. The van der Waals surface area contributed by atoms with E-state index in [0.717, 1.165) is 19.3 Å². The van der Waals surface area contributed by atoms with Gasteiger partial charge in [-0.25, -0.2) is 0 Å². The van der Waals surface area contributed by atoms with Gasteiger partial charge < -0.3 is 9.84 Å². The molecular weight excluding hydrogens is 156 g/mol. The molecule has 0 rings (SSSR count). The molecule has 0 spiro atoms. The quantitative estimate of drug-likeness (QED) is 0.618. The van der Waals surface area contributed by atoms with Gasteiger partial charge in [0.25, 0.3) is 0 Å². The molecule has 0 aliphatic rings. The van der Waals surface area contributed by atoms with E-state index in [1.54, 1.807) is 0 Å². The lowest BCUT2D eigenvalue weighted by atomic mass is 10.0. The summed E-state index contributed by atoms with van der Waals surface area (Å²) in [6.45, 7) is 4.05. The first kappa shape index (κ1) is 11.4. The van der Waals surface area contributed by atoms with E-state index in [1.165, 1.54) is 0 Å². The molecule has 12 heavy (non-hydrogen) atoms. The van der Waals surface area contributed by atoms with Crippen LogP contribution in [0.1, 0.15) is 33.1 Å². The Morgan fingerprint density at radius 1 is 1.50 bits per heavy atom. The minimum Gasteiger partial charge on any atom is -0.463 e. The third kappa shape index (κ3) is 4.34. The highest BCUT2D eigenvalue weighted by Gasteiger charge is 2.15. The summed E-state index contributed by atoms with van der Waals surface area (Å²) in [4.78, 5) is 11.2. The molecule has 0 aliphatic carbocycles. The zero-order valence-corrected chi connectivity index (χ0v) is 7.88. The summed E-state index contributed by atoms with van der Waals surface area (Å²) in [6, 6.07) is 0. The van der Waals surface area contributed by atoms with E-state index in [1.807, 2.05) is 13.8 Å². The van der Waals surface area contributed by atoms with Crippen molar-refractivity contribution in [3.8, 4) is 0 Å². The van der Waals surface area contributed by atoms with E-state index in [4.69, 9.17) is 9.84 Å². The van der Waals surface area contributed by atoms with E-state index >= 15 is 0 Å². The molecule has 0 saturated heterocycles. The van der Waals surface area contributed by atoms with E-state index in [0.29, 0.717) is 0 Å². The number of esters is 1. The minimum absolute atomic E-state index is 0.0153. The van der Waals surface area contributed by atoms with E-state index < -0.39 is 0 Å². The van der Waals surface area contributed by atoms with Gasteiger partial charge in [-0.15, -0.1) is 0 Å². The maximum absolute atomic E-state index is 11.2. The molecule has 3 heteroatoms. The van der Waals surface area contributed by atoms with Crippen molar-refractivity contribution in [3.63, 3.8) is 0 Å². The van der Waals surface area contributed by atoms with Gasteiger partial charge in [-0.2, -0.15) is 0 Å². The number of carbonyl (C=O) groups is 1. The number of ether oxygens (including phenoxy) is 1. The molecule has 0 saturated carbocycles. The molecule has 1 atom stereocenters. The second-order valence-electron chi connectivity index (χ2n) is 2.78. The van der Waals surface area contributed by atoms with Gasteiger partial charge in [-0.3, -0.25) is 4.79 Å². The lowest BCUT2D eigenvalue weighted by molar-refractivity contribution is -0.149. The van der Waals surface area contributed by atoms with Crippen LogP contribution in [0.2, 0.25) is 0 Å². The van der Waals surface area contributed by atoms with Gasteiger partial charge in [0.2, 0.25) is 0 Å². The summed E-state index contributed by atoms with van der Waals surface area (Å²) in [7, 11) is 0. The van der Waals surface area contributed by atoms with Crippen molar-refractivity contribution in [2.45, 2.75) is 33.1 Å². The number of rotatable bonds is 6. The van der Waals surface area contributed by atoms with Crippen LogP contribution >= 0.6 is 0 Å². The van der Waals surface area contributed by atoms with E-state index in [-0.39, 0.29) is 25.1 Å².